The van der Waals surface area contributed by atoms with E-state index in [-0.39, 0.29) is 23.5 Å². The van der Waals surface area contributed by atoms with Crippen LogP contribution in [0.15, 0.2) is 84.6 Å². The molecule has 1 aliphatic rings. The van der Waals surface area contributed by atoms with Crippen molar-refractivity contribution in [2.24, 2.45) is 0 Å². The van der Waals surface area contributed by atoms with Gasteiger partial charge < -0.3 is 14.8 Å². The van der Waals surface area contributed by atoms with Gasteiger partial charge in [-0.05, 0) is 35.4 Å². The van der Waals surface area contributed by atoms with E-state index in [0.29, 0.717) is 16.9 Å². The van der Waals surface area contributed by atoms with Crippen LogP contribution in [-0.2, 0) is 16.1 Å². The molecule has 1 heterocycles. The van der Waals surface area contributed by atoms with Gasteiger partial charge in [0, 0.05) is 11.8 Å². The Bertz CT molecular complexity index is 1240. The monoisotopic (exact) mass is 468 g/mol. The molecule has 0 saturated carbocycles. The van der Waals surface area contributed by atoms with Crippen LogP contribution in [0.25, 0.3) is 5.57 Å². The number of amides is 2. The quantitative estimate of drug-likeness (QED) is 0.495. The summed E-state index contributed by atoms with van der Waals surface area (Å²) in [7, 11) is 1.53. The standard InChI is InChI=1S/C25H19F3N2O4/c1-33-19-12-10-16(11-13-19)15-30-23(31)21(17-6-3-2-4-7-17)22(24(30)32)29-18-8-5-9-20(14-18)34-25(26,27)28/h2-14,29H,15H2,1H3. The zero-order valence-corrected chi connectivity index (χ0v) is 17.9. The van der Waals surface area contributed by atoms with E-state index in [1.54, 1.807) is 54.6 Å². The molecule has 174 valence electrons. The molecule has 0 spiro atoms. The normalized spacial score (nSPS) is 13.9. The van der Waals surface area contributed by atoms with Crippen LogP contribution in [0.3, 0.4) is 0 Å². The summed E-state index contributed by atoms with van der Waals surface area (Å²) in [4.78, 5) is 27.7. The van der Waals surface area contributed by atoms with Gasteiger partial charge in [0.05, 0.1) is 19.2 Å². The molecule has 0 aliphatic carbocycles. The molecule has 0 bridgehead atoms. The molecule has 0 unspecified atom stereocenters. The minimum Gasteiger partial charge on any atom is -0.497 e. The predicted octanol–water partition coefficient (Wildman–Crippen LogP) is 4.99. The van der Waals surface area contributed by atoms with Crippen LogP contribution >= 0.6 is 0 Å². The molecule has 0 aromatic heterocycles. The smallest absolute Gasteiger partial charge is 0.497 e. The number of alkyl halides is 3. The molecule has 1 N–H and O–H groups in total. The highest BCUT2D eigenvalue weighted by atomic mass is 19.4. The van der Waals surface area contributed by atoms with E-state index >= 15 is 0 Å². The molecular weight excluding hydrogens is 449 g/mol. The summed E-state index contributed by atoms with van der Waals surface area (Å²) in [5.74, 6) is -0.931. The Hall–Kier alpha value is -4.27. The van der Waals surface area contributed by atoms with Crippen LogP contribution in [0.4, 0.5) is 18.9 Å². The number of halogens is 3. The Labute approximate surface area is 193 Å². The Morgan fingerprint density at radius 3 is 2.21 bits per heavy atom. The summed E-state index contributed by atoms with van der Waals surface area (Å²) in [6.07, 6.45) is -4.86. The molecule has 3 aromatic carbocycles. The van der Waals surface area contributed by atoms with E-state index in [9.17, 15) is 22.8 Å². The van der Waals surface area contributed by atoms with E-state index in [4.69, 9.17) is 4.74 Å². The van der Waals surface area contributed by atoms with Gasteiger partial charge in [0.25, 0.3) is 11.8 Å². The molecule has 0 atom stereocenters. The molecule has 6 nitrogen and oxygen atoms in total. The SMILES string of the molecule is COc1ccc(CN2C(=O)C(Nc3cccc(OC(F)(F)F)c3)=C(c3ccccc3)C2=O)cc1. The van der Waals surface area contributed by atoms with Crippen LogP contribution in [-0.4, -0.2) is 30.2 Å². The molecule has 3 aromatic rings. The van der Waals surface area contributed by atoms with E-state index in [1.807, 2.05) is 0 Å². The summed E-state index contributed by atoms with van der Waals surface area (Å²) in [6.45, 7) is 0.0143. The summed E-state index contributed by atoms with van der Waals surface area (Å²) in [5, 5.41) is 2.83. The van der Waals surface area contributed by atoms with Crippen molar-refractivity contribution < 1.29 is 32.2 Å². The molecule has 1 aliphatic heterocycles. The lowest BCUT2D eigenvalue weighted by Crippen LogP contribution is -2.32. The Balaban J connectivity index is 1.67. The average molecular weight is 468 g/mol. The minimum atomic E-state index is -4.86. The number of benzene rings is 3. The largest absolute Gasteiger partial charge is 0.573 e. The van der Waals surface area contributed by atoms with Crippen molar-refractivity contribution >= 4 is 23.1 Å². The van der Waals surface area contributed by atoms with Crippen molar-refractivity contribution in [2.75, 3.05) is 12.4 Å². The zero-order chi connectivity index (χ0) is 24.3. The van der Waals surface area contributed by atoms with Crippen molar-refractivity contribution in [3.8, 4) is 11.5 Å². The van der Waals surface area contributed by atoms with Crippen molar-refractivity contribution in [1.29, 1.82) is 0 Å². The number of imide groups is 1. The highest BCUT2D eigenvalue weighted by Crippen LogP contribution is 2.33. The summed E-state index contributed by atoms with van der Waals surface area (Å²) in [5.41, 5.74) is 1.47. The van der Waals surface area contributed by atoms with E-state index in [0.717, 1.165) is 17.0 Å². The van der Waals surface area contributed by atoms with Crippen LogP contribution < -0.4 is 14.8 Å². The number of nitrogens with zero attached hydrogens (tertiary/aromatic N) is 1. The highest BCUT2D eigenvalue weighted by Gasteiger charge is 2.39. The number of methoxy groups -OCH3 is 1. The second-order valence-electron chi connectivity index (χ2n) is 7.36. The van der Waals surface area contributed by atoms with Gasteiger partial charge in [-0.1, -0.05) is 48.5 Å². The van der Waals surface area contributed by atoms with Gasteiger partial charge in [0.2, 0.25) is 0 Å². The van der Waals surface area contributed by atoms with Crippen LogP contribution in [0, 0.1) is 0 Å². The van der Waals surface area contributed by atoms with Gasteiger partial charge in [-0.15, -0.1) is 13.2 Å². The van der Waals surface area contributed by atoms with E-state index in [2.05, 4.69) is 10.1 Å². The maximum absolute atomic E-state index is 13.3. The number of ether oxygens (including phenoxy) is 2. The molecule has 4 rings (SSSR count). The molecule has 2 amide bonds. The molecule has 9 heteroatoms. The Kier molecular flexibility index (Phi) is 6.27. The maximum Gasteiger partial charge on any atom is 0.573 e. The van der Waals surface area contributed by atoms with Crippen molar-refractivity contribution in [3.05, 3.63) is 95.7 Å². The minimum absolute atomic E-state index is 0.0143. The number of carbonyl (C=O) groups is 2. The first kappa shape index (κ1) is 22.9. The number of hydrogen-bond donors (Lipinski definition) is 1. The second kappa shape index (κ2) is 9.30. The first-order valence-corrected chi connectivity index (χ1v) is 10.2. The van der Waals surface area contributed by atoms with Crippen molar-refractivity contribution in [1.82, 2.24) is 4.90 Å². The molecule has 0 radical (unpaired) electrons. The number of hydrogen-bond acceptors (Lipinski definition) is 5. The number of carbonyl (C=O) groups excluding carboxylic acids is 2. The number of anilines is 1. The van der Waals surface area contributed by atoms with Gasteiger partial charge in [-0.25, -0.2) is 0 Å². The van der Waals surface area contributed by atoms with Gasteiger partial charge in [0.1, 0.15) is 17.2 Å². The number of nitrogens with one attached hydrogen (secondary N) is 1. The summed E-state index contributed by atoms with van der Waals surface area (Å²) in [6, 6.07) is 20.6. The Morgan fingerprint density at radius 2 is 1.56 bits per heavy atom. The lowest BCUT2D eigenvalue weighted by Gasteiger charge is -2.16. The van der Waals surface area contributed by atoms with E-state index < -0.39 is 23.9 Å². The average Bonchev–Trinajstić information content (AvgIpc) is 3.03. The molecular formula is C25H19F3N2O4. The summed E-state index contributed by atoms with van der Waals surface area (Å²) >= 11 is 0. The maximum atomic E-state index is 13.3. The Morgan fingerprint density at radius 1 is 0.853 bits per heavy atom. The number of rotatable bonds is 7. The van der Waals surface area contributed by atoms with Crippen molar-refractivity contribution in [2.45, 2.75) is 12.9 Å². The lowest BCUT2D eigenvalue weighted by molar-refractivity contribution is -0.274. The van der Waals surface area contributed by atoms with Gasteiger partial charge in [-0.2, -0.15) is 0 Å². The topological polar surface area (TPSA) is 67.9 Å². The first-order valence-electron chi connectivity index (χ1n) is 10.2. The van der Waals surface area contributed by atoms with Gasteiger partial charge in [0.15, 0.2) is 0 Å². The fourth-order valence-electron chi connectivity index (χ4n) is 3.54. The van der Waals surface area contributed by atoms with Gasteiger partial charge in [-0.3, -0.25) is 14.5 Å². The van der Waals surface area contributed by atoms with Crippen LogP contribution in [0.5, 0.6) is 11.5 Å². The van der Waals surface area contributed by atoms with Crippen LogP contribution in [0.1, 0.15) is 11.1 Å². The second-order valence-corrected chi connectivity index (χ2v) is 7.36. The highest BCUT2D eigenvalue weighted by molar-refractivity contribution is 6.36. The third kappa shape index (κ3) is 5.03. The zero-order valence-electron chi connectivity index (χ0n) is 17.9. The van der Waals surface area contributed by atoms with Crippen molar-refractivity contribution in [3.63, 3.8) is 0 Å². The fourth-order valence-corrected chi connectivity index (χ4v) is 3.54. The molecule has 34 heavy (non-hydrogen) atoms. The molecule has 0 fully saturated rings. The first-order chi connectivity index (χ1) is 16.2. The van der Waals surface area contributed by atoms with Gasteiger partial charge >= 0.3 is 6.36 Å². The van der Waals surface area contributed by atoms with Crippen LogP contribution in [0.2, 0.25) is 0 Å². The van der Waals surface area contributed by atoms with E-state index in [1.165, 1.54) is 19.2 Å². The lowest BCUT2D eigenvalue weighted by atomic mass is 10.0. The molecule has 0 saturated heterocycles. The fraction of sp³-hybridized carbons (Fsp3) is 0.120. The third-order valence-corrected chi connectivity index (χ3v) is 5.07. The third-order valence-electron chi connectivity index (χ3n) is 5.07. The summed E-state index contributed by atoms with van der Waals surface area (Å²) < 4.78 is 46.9. The predicted molar refractivity (Wildman–Crippen MR) is 119 cm³/mol.